The summed E-state index contributed by atoms with van der Waals surface area (Å²) in [5, 5.41) is 0.658. The van der Waals surface area contributed by atoms with Gasteiger partial charge in [-0.25, -0.2) is 18.2 Å². The number of benzene rings is 1. The van der Waals surface area contributed by atoms with E-state index in [-0.39, 0.29) is 55.5 Å². The van der Waals surface area contributed by atoms with Crippen LogP contribution in [0.1, 0.15) is 36.3 Å². The van der Waals surface area contributed by atoms with Crippen LogP contribution < -0.4 is 4.74 Å². The number of aromatic amines is 1. The van der Waals surface area contributed by atoms with E-state index in [2.05, 4.69) is 9.97 Å². The van der Waals surface area contributed by atoms with Crippen LogP contribution in [-0.2, 0) is 20.7 Å². The lowest BCUT2D eigenvalue weighted by Crippen LogP contribution is -2.45. The average molecular weight is 460 g/mol. The zero-order chi connectivity index (χ0) is 23.0. The number of halogens is 3. The van der Waals surface area contributed by atoms with Gasteiger partial charge in [0, 0.05) is 37.8 Å². The maximum Gasteiger partial charge on any atom is 0.198 e. The van der Waals surface area contributed by atoms with E-state index in [1.807, 2.05) is 6.20 Å². The zero-order valence-electron chi connectivity index (χ0n) is 17.8. The Morgan fingerprint density at radius 2 is 2.03 bits per heavy atom. The first kappa shape index (κ1) is 21.9. The van der Waals surface area contributed by atoms with Crippen molar-refractivity contribution < 1.29 is 32.2 Å². The molecule has 2 aliphatic rings. The number of fused-ring (bicyclic) bond motifs is 1. The highest BCUT2D eigenvalue weighted by molar-refractivity contribution is 5.87. The molecule has 9 heteroatoms. The normalized spacial score (nSPS) is 19.5. The highest BCUT2D eigenvalue weighted by atomic mass is 19.1. The van der Waals surface area contributed by atoms with Crippen LogP contribution in [0, 0.1) is 11.6 Å². The Labute approximate surface area is 188 Å². The topological polar surface area (TPSA) is 73.4 Å². The molecule has 0 saturated carbocycles. The standard InChI is InChI=1S/C24H23F3N2O4/c25-18-8-14(7-16(30)1-4-24(27)12-32-13-24)9-19(26)22(18)33-20-2-5-28-23-21(20)17(10-29-23)15-3-6-31-11-15/h2,5,8-10,15H,1,3-4,6-7,11-13H2,(H,28,29). The summed E-state index contributed by atoms with van der Waals surface area (Å²) in [6.45, 7) is 1.17. The maximum absolute atomic E-state index is 14.8. The summed E-state index contributed by atoms with van der Waals surface area (Å²) in [6, 6.07) is 3.72. The van der Waals surface area contributed by atoms with E-state index >= 15 is 0 Å². The van der Waals surface area contributed by atoms with E-state index in [0.717, 1.165) is 24.1 Å². The summed E-state index contributed by atoms with van der Waals surface area (Å²) in [7, 11) is 0. The first-order valence-electron chi connectivity index (χ1n) is 10.9. The molecule has 2 aliphatic heterocycles. The van der Waals surface area contributed by atoms with Gasteiger partial charge in [0.15, 0.2) is 23.1 Å². The number of ether oxygens (including phenoxy) is 3. The molecule has 2 fully saturated rings. The number of pyridine rings is 1. The van der Waals surface area contributed by atoms with Crippen LogP contribution in [0.25, 0.3) is 11.0 Å². The average Bonchev–Trinajstić information content (AvgIpc) is 3.43. The van der Waals surface area contributed by atoms with Crippen LogP contribution in [0.3, 0.4) is 0 Å². The van der Waals surface area contributed by atoms with Gasteiger partial charge in [0.25, 0.3) is 0 Å². The van der Waals surface area contributed by atoms with E-state index < -0.39 is 23.1 Å². The summed E-state index contributed by atoms with van der Waals surface area (Å²) in [4.78, 5) is 19.5. The van der Waals surface area contributed by atoms with Gasteiger partial charge in [-0.2, -0.15) is 0 Å². The van der Waals surface area contributed by atoms with E-state index in [4.69, 9.17) is 14.2 Å². The number of Topliss-reactive ketones (excluding diaryl/α,β-unsaturated/α-hetero) is 1. The third-order valence-corrected chi connectivity index (χ3v) is 6.18. The first-order chi connectivity index (χ1) is 15.9. The van der Waals surface area contributed by atoms with Gasteiger partial charge in [0.05, 0.1) is 25.2 Å². The SMILES string of the molecule is O=C(CCC1(F)COC1)Cc1cc(F)c(Oc2ccnc3[nH]cc(C4CCOC4)c23)c(F)c1. The minimum absolute atomic E-state index is 0.0164. The Balaban J connectivity index is 1.34. The molecule has 3 aromatic rings. The van der Waals surface area contributed by atoms with Gasteiger partial charge in [-0.05, 0) is 42.2 Å². The second kappa shape index (κ2) is 8.79. The number of nitrogens with one attached hydrogen (secondary N) is 1. The molecule has 1 atom stereocenters. The van der Waals surface area contributed by atoms with Crippen molar-refractivity contribution in [1.82, 2.24) is 9.97 Å². The summed E-state index contributed by atoms with van der Waals surface area (Å²) >= 11 is 0. The van der Waals surface area contributed by atoms with E-state index in [1.165, 1.54) is 6.20 Å². The molecule has 2 aromatic heterocycles. The van der Waals surface area contributed by atoms with Crippen molar-refractivity contribution in [2.24, 2.45) is 0 Å². The van der Waals surface area contributed by atoms with Crippen molar-refractivity contribution in [1.29, 1.82) is 0 Å². The fourth-order valence-electron chi connectivity index (χ4n) is 4.31. The molecule has 4 heterocycles. The van der Waals surface area contributed by atoms with Crippen LogP contribution in [0.4, 0.5) is 13.2 Å². The van der Waals surface area contributed by atoms with Crippen molar-refractivity contribution in [3.05, 3.63) is 53.4 Å². The van der Waals surface area contributed by atoms with Crippen LogP contribution >= 0.6 is 0 Å². The second-order valence-electron chi connectivity index (χ2n) is 8.69. The number of alkyl halides is 1. The number of ketones is 1. The first-order valence-corrected chi connectivity index (χ1v) is 10.9. The molecule has 1 N–H and O–H groups in total. The molecule has 0 amide bonds. The third-order valence-electron chi connectivity index (χ3n) is 6.18. The number of hydrogen-bond donors (Lipinski definition) is 1. The summed E-state index contributed by atoms with van der Waals surface area (Å²) in [5.41, 5.74) is 0.183. The fraction of sp³-hybridized carbons (Fsp3) is 0.417. The van der Waals surface area contributed by atoms with Gasteiger partial charge in [-0.1, -0.05) is 0 Å². The molecule has 0 bridgehead atoms. The molecule has 1 unspecified atom stereocenters. The quantitative estimate of drug-likeness (QED) is 0.524. The van der Waals surface area contributed by atoms with Crippen molar-refractivity contribution in [3.63, 3.8) is 0 Å². The Bertz CT molecular complexity index is 1160. The second-order valence-corrected chi connectivity index (χ2v) is 8.69. The highest BCUT2D eigenvalue weighted by Gasteiger charge is 2.38. The molecule has 0 radical (unpaired) electrons. The number of carbonyl (C=O) groups excluding carboxylic acids is 1. The Morgan fingerprint density at radius 1 is 1.24 bits per heavy atom. The van der Waals surface area contributed by atoms with Gasteiger partial charge in [-0.15, -0.1) is 0 Å². The highest BCUT2D eigenvalue weighted by Crippen LogP contribution is 2.38. The van der Waals surface area contributed by atoms with E-state index in [9.17, 15) is 18.0 Å². The maximum atomic E-state index is 14.8. The molecule has 33 heavy (non-hydrogen) atoms. The third kappa shape index (κ3) is 4.47. The largest absolute Gasteiger partial charge is 0.450 e. The lowest BCUT2D eigenvalue weighted by molar-refractivity contribution is -0.139. The molecule has 5 rings (SSSR count). The number of H-pyrrole nitrogens is 1. The van der Waals surface area contributed by atoms with Crippen LogP contribution in [0.2, 0.25) is 0 Å². The predicted molar refractivity (Wildman–Crippen MR) is 113 cm³/mol. The molecular formula is C24H23F3N2O4. The summed E-state index contributed by atoms with van der Waals surface area (Å²) < 4.78 is 59.6. The fourth-order valence-corrected chi connectivity index (χ4v) is 4.31. The number of carbonyl (C=O) groups is 1. The minimum Gasteiger partial charge on any atom is -0.450 e. The summed E-state index contributed by atoms with van der Waals surface area (Å²) in [5.74, 6) is -2.26. The molecule has 6 nitrogen and oxygen atoms in total. The predicted octanol–water partition coefficient (Wildman–Crippen LogP) is 4.77. The molecular weight excluding hydrogens is 437 g/mol. The van der Waals surface area contributed by atoms with Crippen molar-refractivity contribution in [3.8, 4) is 11.5 Å². The van der Waals surface area contributed by atoms with Gasteiger partial charge >= 0.3 is 0 Å². The van der Waals surface area contributed by atoms with Crippen molar-refractivity contribution in [2.75, 3.05) is 26.4 Å². The van der Waals surface area contributed by atoms with Crippen LogP contribution in [0.5, 0.6) is 11.5 Å². The van der Waals surface area contributed by atoms with E-state index in [0.29, 0.717) is 24.2 Å². The smallest absolute Gasteiger partial charge is 0.198 e. The van der Waals surface area contributed by atoms with Crippen LogP contribution in [-0.4, -0.2) is 47.8 Å². The van der Waals surface area contributed by atoms with E-state index in [1.54, 1.807) is 6.07 Å². The van der Waals surface area contributed by atoms with Crippen molar-refractivity contribution in [2.45, 2.75) is 37.3 Å². The molecule has 2 saturated heterocycles. The van der Waals surface area contributed by atoms with Gasteiger partial charge in [0.2, 0.25) is 0 Å². The lowest BCUT2D eigenvalue weighted by atomic mass is 9.95. The van der Waals surface area contributed by atoms with Crippen LogP contribution in [0.15, 0.2) is 30.6 Å². The Morgan fingerprint density at radius 3 is 2.70 bits per heavy atom. The number of nitrogens with zero attached hydrogens (tertiary/aromatic N) is 1. The lowest BCUT2D eigenvalue weighted by Gasteiger charge is -2.33. The summed E-state index contributed by atoms with van der Waals surface area (Å²) in [6.07, 6.45) is 4.00. The number of aromatic nitrogens is 2. The molecule has 1 aromatic carbocycles. The Hall–Kier alpha value is -2.91. The number of rotatable bonds is 8. The molecule has 0 aliphatic carbocycles. The van der Waals surface area contributed by atoms with Gasteiger partial charge in [-0.3, -0.25) is 4.79 Å². The zero-order valence-corrected chi connectivity index (χ0v) is 17.8. The van der Waals surface area contributed by atoms with Gasteiger partial charge in [0.1, 0.15) is 17.2 Å². The monoisotopic (exact) mass is 460 g/mol. The van der Waals surface area contributed by atoms with Crippen molar-refractivity contribution >= 4 is 16.8 Å². The van der Waals surface area contributed by atoms with Gasteiger partial charge < -0.3 is 19.2 Å². The molecule has 174 valence electrons. The minimum atomic E-state index is -1.47. The molecule has 0 spiro atoms. The number of hydrogen-bond acceptors (Lipinski definition) is 5. The Kier molecular flexibility index (Phi) is 5.84.